The van der Waals surface area contributed by atoms with Gasteiger partial charge in [-0.25, -0.2) is 18.1 Å². The van der Waals surface area contributed by atoms with Gasteiger partial charge in [0.25, 0.3) is 10.0 Å². The van der Waals surface area contributed by atoms with Gasteiger partial charge in [-0.2, -0.15) is 5.26 Å². The normalized spacial score (nSPS) is 13.4. The van der Waals surface area contributed by atoms with Crippen LogP contribution >= 0.6 is 11.6 Å². The molecule has 1 aromatic rings. The highest BCUT2D eigenvalue weighted by molar-refractivity contribution is 7.89. The first kappa shape index (κ1) is 13.0. The van der Waals surface area contributed by atoms with Crippen LogP contribution in [0.3, 0.4) is 0 Å². The minimum Gasteiger partial charge on any atom is -0.324 e. The van der Waals surface area contributed by atoms with Crippen LogP contribution in [-0.4, -0.2) is 24.0 Å². The van der Waals surface area contributed by atoms with Crippen LogP contribution < -0.4 is 4.72 Å². The maximum absolute atomic E-state index is 11.8. The number of nitrogens with one attached hydrogen (secondary N) is 1. The fourth-order valence-corrected chi connectivity index (χ4v) is 2.75. The van der Waals surface area contributed by atoms with Crippen molar-refractivity contribution in [1.29, 1.82) is 5.26 Å². The molecule has 0 saturated heterocycles. The van der Waals surface area contributed by atoms with E-state index in [0.29, 0.717) is 0 Å². The number of halogens is 1. The molecule has 16 heavy (non-hydrogen) atoms. The van der Waals surface area contributed by atoms with Gasteiger partial charge >= 0.3 is 0 Å². The van der Waals surface area contributed by atoms with Crippen LogP contribution in [0.2, 0.25) is 5.15 Å². The van der Waals surface area contributed by atoms with Crippen molar-refractivity contribution in [2.24, 2.45) is 7.05 Å². The van der Waals surface area contributed by atoms with Crippen molar-refractivity contribution < 1.29 is 8.42 Å². The Morgan fingerprint density at radius 1 is 1.75 bits per heavy atom. The maximum Gasteiger partial charge on any atom is 0.261 e. The molecule has 0 aliphatic rings. The smallest absolute Gasteiger partial charge is 0.261 e. The van der Waals surface area contributed by atoms with Gasteiger partial charge in [0, 0.05) is 13.1 Å². The molecule has 8 heteroatoms. The van der Waals surface area contributed by atoms with E-state index < -0.39 is 16.1 Å². The Kier molecular flexibility index (Phi) is 3.91. The molecule has 0 radical (unpaired) electrons. The van der Waals surface area contributed by atoms with Crippen LogP contribution in [-0.2, 0) is 17.1 Å². The van der Waals surface area contributed by atoms with Crippen molar-refractivity contribution in [3.8, 4) is 6.07 Å². The molecule has 0 fully saturated rings. The van der Waals surface area contributed by atoms with Crippen molar-refractivity contribution in [1.82, 2.24) is 14.3 Å². The highest BCUT2D eigenvalue weighted by atomic mass is 35.5. The van der Waals surface area contributed by atoms with Gasteiger partial charge in [0.2, 0.25) is 5.03 Å². The molecular weight excluding hydrogens is 252 g/mol. The van der Waals surface area contributed by atoms with E-state index >= 15 is 0 Å². The van der Waals surface area contributed by atoms with Crippen molar-refractivity contribution in [2.75, 3.05) is 0 Å². The van der Waals surface area contributed by atoms with Gasteiger partial charge < -0.3 is 4.57 Å². The van der Waals surface area contributed by atoms with Gasteiger partial charge in [-0.1, -0.05) is 11.6 Å². The number of hydrogen-bond donors (Lipinski definition) is 1. The second kappa shape index (κ2) is 4.82. The number of sulfonamides is 1. The SMILES string of the molecule is CC(CC#N)NS(=O)(=O)c1ncn(C)c1Cl. The summed E-state index contributed by atoms with van der Waals surface area (Å²) in [6, 6.07) is 1.40. The molecule has 1 aromatic heterocycles. The van der Waals surface area contributed by atoms with E-state index in [1.165, 1.54) is 10.9 Å². The lowest BCUT2D eigenvalue weighted by molar-refractivity contribution is 0.560. The van der Waals surface area contributed by atoms with Crippen LogP contribution in [0.5, 0.6) is 0 Å². The lowest BCUT2D eigenvalue weighted by atomic mass is 10.3. The molecule has 6 nitrogen and oxygen atoms in total. The first-order valence-electron chi connectivity index (χ1n) is 4.44. The Balaban J connectivity index is 2.96. The molecule has 0 aromatic carbocycles. The summed E-state index contributed by atoms with van der Waals surface area (Å²) in [5.41, 5.74) is 0. The second-order valence-electron chi connectivity index (χ2n) is 3.34. The van der Waals surface area contributed by atoms with Crippen LogP contribution in [0.1, 0.15) is 13.3 Å². The molecule has 0 aliphatic carbocycles. The highest BCUT2D eigenvalue weighted by Crippen LogP contribution is 2.18. The minimum absolute atomic E-state index is 0.0386. The van der Waals surface area contributed by atoms with Crippen molar-refractivity contribution >= 4 is 21.6 Å². The Hall–Kier alpha value is -1.10. The molecule has 0 saturated carbocycles. The van der Waals surface area contributed by atoms with E-state index in [2.05, 4.69) is 9.71 Å². The van der Waals surface area contributed by atoms with Gasteiger partial charge in [-0.15, -0.1) is 0 Å². The van der Waals surface area contributed by atoms with E-state index in [9.17, 15) is 8.42 Å². The molecule has 0 amide bonds. The van der Waals surface area contributed by atoms with E-state index in [4.69, 9.17) is 16.9 Å². The number of aryl methyl sites for hydroxylation is 1. The van der Waals surface area contributed by atoms with Gasteiger partial charge in [0.15, 0.2) is 0 Å². The molecule has 88 valence electrons. The maximum atomic E-state index is 11.8. The first-order chi connectivity index (χ1) is 7.38. The number of aromatic nitrogens is 2. The molecule has 1 rings (SSSR count). The summed E-state index contributed by atoms with van der Waals surface area (Å²) in [6.07, 6.45) is 1.40. The number of nitriles is 1. The van der Waals surface area contributed by atoms with Gasteiger partial charge in [0.05, 0.1) is 18.8 Å². The summed E-state index contributed by atoms with van der Waals surface area (Å²) in [5.74, 6) is 0. The zero-order chi connectivity index (χ0) is 12.3. The zero-order valence-electron chi connectivity index (χ0n) is 8.81. The highest BCUT2D eigenvalue weighted by Gasteiger charge is 2.23. The van der Waals surface area contributed by atoms with Crippen molar-refractivity contribution in [3.05, 3.63) is 11.5 Å². The van der Waals surface area contributed by atoms with Crippen LogP contribution in [0.25, 0.3) is 0 Å². The fraction of sp³-hybridized carbons (Fsp3) is 0.500. The average Bonchev–Trinajstić information content (AvgIpc) is 2.47. The van der Waals surface area contributed by atoms with Crippen molar-refractivity contribution in [2.45, 2.75) is 24.4 Å². The van der Waals surface area contributed by atoms with Gasteiger partial charge in [-0.05, 0) is 6.92 Å². The third kappa shape index (κ3) is 2.72. The van der Waals surface area contributed by atoms with Crippen LogP contribution in [0.15, 0.2) is 11.4 Å². The zero-order valence-corrected chi connectivity index (χ0v) is 10.4. The summed E-state index contributed by atoms with van der Waals surface area (Å²) < 4.78 is 27.3. The number of nitrogens with zero attached hydrogens (tertiary/aromatic N) is 3. The molecular formula is C8H11ClN4O2S. The number of imidazole rings is 1. The summed E-state index contributed by atoms with van der Waals surface area (Å²) in [6.45, 7) is 1.59. The standard InChI is InChI=1S/C8H11ClN4O2S/c1-6(3-4-10)12-16(14,15)8-7(9)13(2)5-11-8/h5-6,12H,3H2,1-2H3. The van der Waals surface area contributed by atoms with E-state index in [1.807, 2.05) is 6.07 Å². The first-order valence-corrected chi connectivity index (χ1v) is 6.30. The Morgan fingerprint density at radius 3 is 2.81 bits per heavy atom. The molecule has 0 aliphatic heterocycles. The van der Waals surface area contributed by atoms with Gasteiger partial charge in [0.1, 0.15) is 5.15 Å². The average molecular weight is 263 g/mol. The van der Waals surface area contributed by atoms with E-state index in [1.54, 1.807) is 14.0 Å². The molecule has 1 N–H and O–H groups in total. The summed E-state index contributed by atoms with van der Waals surface area (Å²) >= 11 is 5.77. The molecule has 1 heterocycles. The van der Waals surface area contributed by atoms with E-state index in [0.717, 1.165) is 0 Å². The predicted octanol–water partition coefficient (Wildman–Crippen LogP) is 0.654. The lowest BCUT2D eigenvalue weighted by Crippen LogP contribution is -2.32. The minimum atomic E-state index is -3.76. The largest absolute Gasteiger partial charge is 0.324 e. The lowest BCUT2D eigenvalue weighted by Gasteiger charge is -2.09. The Labute approximate surface area is 98.9 Å². The molecule has 0 bridgehead atoms. The second-order valence-corrected chi connectivity index (χ2v) is 5.32. The summed E-state index contributed by atoms with van der Waals surface area (Å²) in [7, 11) is -2.17. The number of hydrogen-bond acceptors (Lipinski definition) is 4. The third-order valence-corrected chi connectivity index (χ3v) is 3.92. The van der Waals surface area contributed by atoms with Crippen LogP contribution in [0.4, 0.5) is 0 Å². The Morgan fingerprint density at radius 2 is 2.38 bits per heavy atom. The molecule has 1 atom stereocenters. The quantitative estimate of drug-likeness (QED) is 0.863. The van der Waals surface area contributed by atoms with Crippen molar-refractivity contribution in [3.63, 3.8) is 0 Å². The molecule has 0 spiro atoms. The fourth-order valence-electron chi connectivity index (χ4n) is 1.07. The molecule has 1 unspecified atom stereocenters. The third-order valence-electron chi connectivity index (χ3n) is 1.84. The van der Waals surface area contributed by atoms with Gasteiger partial charge in [-0.3, -0.25) is 0 Å². The van der Waals surface area contributed by atoms with E-state index in [-0.39, 0.29) is 16.6 Å². The predicted molar refractivity (Wildman–Crippen MR) is 58.2 cm³/mol. The summed E-state index contributed by atoms with van der Waals surface area (Å²) in [5, 5.41) is 8.25. The monoisotopic (exact) mass is 262 g/mol. The topological polar surface area (TPSA) is 87.8 Å². The number of rotatable bonds is 4. The Bertz CT molecular complexity index is 517. The summed E-state index contributed by atoms with van der Waals surface area (Å²) in [4.78, 5) is 3.70. The van der Waals surface area contributed by atoms with Crippen LogP contribution in [0, 0.1) is 11.3 Å².